The summed E-state index contributed by atoms with van der Waals surface area (Å²) in [5.41, 5.74) is 4.91. The van der Waals surface area contributed by atoms with Crippen molar-refractivity contribution in [1.29, 1.82) is 0 Å². The summed E-state index contributed by atoms with van der Waals surface area (Å²) in [6.45, 7) is 1.62. The fourth-order valence-electron chi connectivity index (χ4n) is 4.25. The zero-order valence-electron chi connectivity index (χ0n) is 16.1. The Balaban J connectivity index is 1.43. The quantitative estimate of drug-likeness (QED) is 0.652. The van der Waals surface area contributed by atoms with Gasteiger partial charge < -0.3 is 9.64 Å². The molecule has 1 fully saturated rings. The van der Waals surface area contributed by atoms with Gasteiger partial charge in [-0.25, -0.2) is 4.68 Å². The first-order valence-corrected chi connectivity index (χ1v) is 10.4. The van der Waals surface area contributed by atoms with Gasteiger partial charge in [0, 0.05) is 22.8 Å². The van der Waals surface area contributed by atoms with Crippen LogP contribution in [0.5, 0.6) is 0 Å². The van der Waals surface area contributed by atoms with Crippen LogP contribution in [0.2, 0.25) is 5.02 Å². The number of amides is 1. The van der Waals surface area contributed by atoms with Gasteiger partial charge in [-0.2, -0.15) is 5.10 Å². The van der Waals surface area contributed by atoms with E-state index in [1.165, 1.54) is 5.69 Å². The Morgan fingerprint density at radius 2 is 1.86 bits per heavy atom. The average molecular weight is 408 g/mol. The lowest BCUT2D eigenvalue weighted by molar-refractivity contribution is -0.0230. The number of rotatable bonds is 3. The predicted octanol–water partition coefficient (Wildman–Crippen LogP) is 4.23. The van der Waals surface area contributed by atoms with Crippen LogP contribution in [0, 0.1) is 0 Å². The molecule has 29 heavy (non-hydrogen) atoms. The Morgan fingerprint density at radius 3 is 2.66 bits per heavy atom. The number of aromatic nitrogens is 2. The Hall–Kier alpha value is -2.63. The molecule has 0 spiro atoms. The first-order chi connectivity index (χ1) is 14.2. The van der Waals surface area contributed by atoms with Crippen LogP contribution in [0.1, 0.15) is 39.8 Å². The summed E-state index contributed by atoms with van der Waals surface area (Å²) >= 11 is 6.00. The third-order valence-corrected chi connectivity index (χ3v) is 5.98. The van der Waals surface area contributed by atoms with Gasteiger partial charge >= 0.3 is 0 Å². The number of nitrogens with zero attached hydrogens (tertiary/aromatic N) is 3. The van der Waals surface area contributed by atoms with Gasteiger partial charge in [0.05, 0.1) is 18.8 Å². The molecule has 1 atom stereocenters. The van der Waals surface area contributed by atoms with Crippen LogP contribution < -0.4 is 0 Å². The molecule has 148 valence electrons. The van der Waals surface area contributed by atoms with Crippen LogP contribution in [-0.4, -0.2) is 40.3 Å². The fourth-order valence-corrected chi connectivity index (χ4v) is 4.38. The van der Waals surface area contributed by atoms with Crippen molar-refractivity contribution in [3.05, 3.63) is 82.1 Å². The first-order valence-electron chi connectivity index (χ1n) is 10.0. The molecule has 0 saturated carbocycles. The van der Waals surface area contributed by atoms with E-state index in [9.17, 15) is 4.79 Å². The van der Waals surface area contributed by atoms with E-state index in [1.54, 1.807) is 0 Å². The molecule has 1 aliphatic heterocycles. The van der Waals surface area contributed by atoms with Crippen molar-refractivity contribution in [1.82, 2.24) is 14.7 Å². The van der Waals surface area contributed by atoms with Crippen LogP contribution in [0.4, 0.5) is 0 Å². The van der Waals surface area contributed by atoms with E-state index in [0.717, 1.165) is 36.1 Å². The fraction of sp³-hybridized carbons (Fsp3) is 0.304. The Morgan fingerprint density at radius 1 is 1.07 bits per heavy atom. The highest BCUT2D eigenvalue weighted by molar-refractivity contribution is 6.30. The van der Waals surface area contributed by atoms with Crippen molar-refractivity contribution in [3.8, 4) is 5.69 Å². The maximum absolute atomic E-state index is 13.4. The zero-order valence-corrected chi connectivity index (χ0v) is 16.8. The number of halogens is 1. The molecule has 5 nitrogen and oxygen atoms in total. The average Bonchev–Trinajstić information content (AvgIpc) is 3.37. The number of hydrogen-bond donors (Lipinski definition) is 0. The minimum Gasteiger partial charge on any atom is -0.370 e. The summed E-state index contributed by atoms with van der Waals surface area (Å²) < 4.78 is 7.88. The van der Waals surface area contributed by atoms with Crippen LogP contribution in [-0.2, 0) is 17.6 Å². The summed E-state index contributed by atoms with van der Waals surface area (Å²) in [7, 11) is 0. The lowest BCUT2D eigenvalue weighted by atomic mass is 10.1. The molecule has 1 aliphatic carbocycles. The summed E-state index contributed by atoms with van der Waals surface area (Å²) in [5.74, 6) is 0.0000876. The predicted molar refractivity (Wildman–Crippen MR) is 112 cm³/mol. The Labute approximate surface area is 174 Å². The summed E-state index contributed by atoms with van der Waals surface area (Å²) in [4.78, 5) is 15.3. The maximum Gasteiger partial charge on any atom is 0.274 e. The molecule has 6 heteroatoms. The smallest absolute Gasteiger partial charge is 0.274 e. The van der Waals surface area contributed by atoms with Gasteiger partial charge in [0.2, 0.25) is 0 Å². The zero-order chi connectivity index (χ0) is 19.8. The molecule has 5 rings (SSSR count). The lowest BCUT2D eigenvalue weighted by Gasteiger charge is -2.33. The second kappa shape index (κ2) is 7.65. The van der Waals surface area contributed by atoms with Crippen LogP contribution >= 0.6 is 11.6 Å². The number of benzene rings is 2. The van der Waals surface area contributed by atoms with Crippen molar-refractivity contribution < 1.29 is 9.53 Å². The van der Waals surface area contributed by atoms with E-state index < -0.39 is 0 Å². The van der Waals surface area contributed by atoms with Gasteiger partial charge in [0.15, 0.2) is 5.69 Å². The Bertz CT molecular complexity index is 1030. The SMILES string of the molecule is O=C(c1nn(-c2ccccc2)c2c1CCC2)N1CCOC(c2ccc(Cl)cc2)C1. The molecule has 0 bridgehead atoms. The molecule has 2 heterocycles. The van der Waals surface area contributed by atoms with Crippen LogP contribution in [0.15, 0.2) is 54.6 Å². The largest absolute Gasteiger partial charge is 0.370 e. The number of para-hydroxylation sites is 1. The highest BCUT2D eigenvalue weighted by Crippen LogP contribution is 2.30. The molecule has 1 saturated heterocycles. The normalized spacial score (nSPS) is 18.7. The first kappa shape index (κ1) is 18.4. The molecule has 1 unspecified atom stereocenters. The van der Waals surface area contributed by atoms with E-state index >= 15 is 0 Å². The molecule has 0 N–H and O–H groups in total. The Kier molecular flexibility index (Phi) is 4.86. The third-order valence-electron chi connectivity index (χ3n) is 5.73. The van der Waals surface area contributed by atoms with Gasteiger partial charge in [-0.1, -0.05) is 41.9 Å². The van der Waals surface area contributed by atoms with E-state index in [2.05, 4.69) is 0 Å². The standard InChI is InChI=1S/C23H22ClN3O2/c24-17-11-9-16(10-12-17)21-15-26(13-14-29-21)23(28)22-19-7-4-8-20(19)27(25-22)18-5-2-1-3-6-18/h1-3,5-6,9-12,21H,4,7-8,13-15H2. The molecule has 2 aromatic carbocycles. The van der Waals surface area contributed by atoms with Gasteiger partial charge in [-0.15, -0.1) is 0 Å². The monoisotopic (exact) mass is 407 g/mol. The number of carbonyl (C=O) groups is 1. The topological polar surface area (TPSA) is 47.4 Å². The molecule has 1 aromatic heterocycles. The number of fused-ring (bicyclic) bond motifs is 1. The number of ether oxygens (including phenoxy) is 1. The second-order valence-corrected chi connectivity index (χ2v) is 7.97. The van der Waals surface area contributed by atoms with Crippen molar-refractivity contribution in [2.24, 2.45) is 0 Å². The second-order valence-electron chi connectivity index (χ2n) is 7.54. The van der Waals surface area contributed by atoms with Crippen molar-refractivity contribution in [3.63, 3.8) is 0 Å². The summed E-state index contributed by atoms with van der Waals surface area (Å²) in [6.07, 6.45) is 2.79. The molecular formula is C23H22ClN3O2. The van der Waals surface area contributed by atoms with Gasteiger partial charge in [0.25, 0.3) is 5.91 Å². The number of hydrogen-bond acceptors (Lipinski definition) is 3. The molecule has 3 aromatic rings. The third kappa shape index (κ3) is 3.45. The lowest BCUT2D eigenvalue weighted by Crippen LogP contribution is -2.42. The number of carbonyl (C=O) groups excluding carboxylic acids is 1. The van der Waals surface area contributed by atoms with E-state index in [-0.39, 0.29) is 12.0 Å². The van der Waals surface area contributed by atoms with Gasteiger partial charge in [0.1, 0.15) is 6.10 Å². The van der Waals surface area contributed by atoms with E-state index in [4.69, 9.17) is 21.4 Å². The number of morpholine rings is 1. The van der Waals surface area contributed by atoms with E-state index in [1.807, 2.05) is 64.2 Å². The minimum atomic E-state index is -0.144. The maximum atomic E-state index is 13.4. The molecule has 0 radical (unpaired) electrons. The molecular weight excluding hydrogens is 386 g/mol. The highest BCUT2D eigenvalue weighted by Gasteiger charge is 2.32. The summed E-state index contributed by atoms with van der Waals surface area (Å²) in [6, 6.07) is 17.7. The van der Waals surface area contributed by atoms with E-state index in [0.29, 0.717) is 30.4 Å². The molecule has 1 amide bonds. The molecule has 2 aliphatic rings. The van der Waals surface area contributed by atoms with Gasteiger partial charge in [-0.05, 0) is 49.1 Å². The summed E-state index contributed by atoms with van der Waals surface area (Å²) in [5, 5.41) is 5.45. The van der Waals surface area contributed by atoms with Crippen molar-refractivity contribution >= 4 is 17.5 Å². The van der Waals surface area contributed by atoms with Gasteiger partial charge in [-0.3, -0.25) is 4.79 Å². The van der Waals surface area contributed by atoms with Crippen molar-refractivity contribution in [2.75, 3.05) is 19.7 Å². The minimum absolute atomic E-state index is 0.0000876. The van der Waals surface area contributed by atoms with Crippen LogP contribution in [0.25, 0.3) is 5.69 Å². The highest BCUT2D eigenvalue weighted by atomic mass is 35.5. The van der Waals surface area contributed by atoms with Crippen LogP contribution in [0.3, 0.4) is 0 Å². The van der Waals surface area contributed by atoms with Crippen molar-refractivity contribution in [2.45, 2.75) is 25.4 Å².